The van der Waals surface area contributed by atoms with E-state index in [1.54, 1.807) is 6.92 Å². The van der Waals surface area contributed by atoms with E-state index in [1.165, 1.54) is 0 Å². The number of rotatable bonds is 6. The minimum absolute atomic E-state index is 0.142. The van der Waals surface area contributed by atoms with E-state index in [1.807, 2.05) is 0 Å². The van der Waals surface area contributed by atoms with Gasteiger partial charge in [-0.2, -0.15) is 0 Å². The third-order valence-corrected chi connectivity index (χ3v) is 4.17. The molecule has 1 aliphatic rings. The molecule has 0 aromatic carbocycles. The minimum Gasteiger partial charge on any atom is -0.466 e. The van der Waals surface area contributed by atoms with Gasteiger partial charge in [0.15, 0.2) is 0 Å². The van der Waals surface area contributed by atoms with Crippen molar-refractivity contribution < 1.29 is 14.3 Å². The molecule has 1 fully saturated rings. The van der Waals surface area contributed by atoms with E-state index in [0.29, 0.717) is 19.4 Å². The molecule has 1 saturated carbocycles. The molecule has 6 heteroatoms. The first-order valence-electron chi connectivity index (χ1n) is 7.27. The number of hydrogen-bond acceptors (Lipinski definition) is 4. The average Bonchev–Trinajstić information content (AvgIpc) is 2.65. The van der Waals surface area contributed by atoms with Crippen LogP contribution in [0.4, 0.5) is 0 Å². The molecule has 20 heavy (non-hydrogen) atoms. The lowest BCUT2D eigenvalue weighted by molar-refractivity contribution is -0.143. The maximum absolute atomic E-state index is 12.4. The van der Waals surface area contributed by atoms with E-state index in [4.69, 9.17) is 22.7 Å². The fraction of sp³-hybridized carbons (Fsp3) is 0.786. The number of thiocarbonyl (C=S) groups is 1. The summed E-state index contributed by atoms with van der Waals surface area (Å²) in [6.45, 7) is 2.37. The molecule has 1 aliphatic carbocycles. The van der Waals surface area contributed by atoms with Crippen molar-refractivity contribution in [3.63, 3.8) is 0 Å². The maximum Gasteiger partial charge on any atom is 0.307 e. The van der Waals surface area contributed by atoms with E-state index in [0.717, 1.165) is 25.7 Å². The molecule has 3 N–H and O–H groups in total. The van der Waals surface area contributed by atoms with Crippen LogP contribution >= 0.6 is 12.2 Å². The molecule has 1 amide bonds. The van der Waals surface area contributed by atoms with Crippen LogP contribution in [-0.2, 0) is 14.3 Å². The van der Waals surface area contributed by atoms with Crippen molar-refractivity contribution in [3.05, 3.63) is 0 Å². The monoisotopic (exact) mass is 300 g/mol. The number of hydrogen-bond donors (Lipinski definition) is 2. The Balaban J connectivity index is 2.56. The molecule has 0 aliphatic heterocycles. The van der Waals surface area contributed by atoms with Crippen LogP contribution in [0.2, 0.25) is 0 Å². The fourth-order valence-corrected chi connectivity index (χ4v) is 2.89. The quantitative estimate of drug-likeness (QED) is 0.443. The van der Waals surface area contributed by atoms with Crippen molar-refractivity contribution in [1.29, 1.82) is 0 Å². The van der Waals surface area contributed by atoms with Gasteiger partial charge in [0.05, 0.1) is 23.4 Å². The Morgan fingerprint density at radius 2 is 1.85 bits per heavy atom. The van der Waals surface area contributed by atoms with Gasteiger partial charge in [-0.25, -0.2) is 0 Å². The van der Waals surface area contributed by atoms with Crippen LogP contribution in [-0.4, -0.2) is 30.0 Å². The van der Waals surface area contributed by atoms with Crippen molar-refractivity contribution in [3.8, 4) is 0 Å². The summed E-state index contributed by atoms with van der Waals surface area (Å²) >= 11 is 5.13. The molecule has 1 rings (SSSR count). The van der Waals surface area contributed by atoms with E-state index in [-0.39, 0.29) is 29.8 Å². The molecule has 0 saturated heterocycles. The Labute approximate surface area is 125 Å². The Bertz CT molecular complexity index is 363. The van der Waals surface area contributed by atoms with Crippen molar-refractivity contribution in [1.82, 2.24) is 5.32 Å². The van der Waals surface area contributed by atoms with Crippen LogP contribution in [0.5, 0.6) is 0 Å². The Morgan fingerprint density at radius 1 is 1.25 bits per heavy atom. The maximum atomic E-state index is 12.4. The molecule has 0 aromatic heterocycles. The summed E-state index contributed by atoms with van der Waals surface area (Å²) in [5.74, 6) is -0.450. The zero-order chi connectivity index (χ0) is 15.0. The largest absolute Gasteiger partial charge is 0.466 e. The van der Waals surface area contributed by atoms with Crippen LogP contribution in [0.15, 0.2) is 0 Å². The topological polar surface area (TPSA) is 81.4 Å². The Hall–Kier alpha value is -1.17. The molecule has 0 heterocycles. The van der Waals surface area contributed by atoms with Gasteiger partial charge in [0.25, 0.3) is 0 Å². The van der Waals surface area contributed by atoms with Crippen LogP contribution in [0, 0.1) is 5.41 Å². The number of nitrogens with one attached hydrogen (secondary N) is 1. The molecule has 114 valence electrons. The lowest BCUT2D eigenvalue weighted by Gasteiger charge is -2.30. The number of amides is 1. The number of nitrogens with two attached hydrogens (primary N) is 1. The lowest BCUT2D eigenvalue weighted by Crippen LogP contribution is -2.49. The zero-order valence-corrected chi connectivity index (χ0v) is 12.9. The molecular formula is C14H24N2O3S. The van der Waals surface area contributed by atoms with Gasteiger partial charge in [-0.15, -0.1) is 0 Å². The summed E-state index contributed by atoms with van der Waals surface area (Å²) in [6.07, 6.45) is 5.72. The lowest BCUT2D eigenvalue weighted by atomic mass is 9.79. The van der Waals surface area contributed by atoms with Crippen molar-refractivity contribution in [2.75, 3.05) is 13.2 Å². The molecular weight excluding hydrogens is 276 g/mol. The van der Waals surface area contributed by atoms with Gasteiger partial charge in [-0.05, 0) is 19.8 Å². The third-order valence-electron chi connectivity index (χ3n) is 3.78. The minimum atomic E-state index is -0.736. The van der Waals surface area contributed by atoms with Gasteiger partial charge < -0.3 is 15.8 Å². The van der Waals surface area contributed by atoms with Gasteiger partial charge in [-0.3, -0.25) is 9.59 Å². The third kappa shape index (κ3) is 4.44. The van der Waals surface area contributed by atoms with Gasteiger partial charge in [0, 0.05) is 6.54 Å². The number of carbonyl (C=O) groups excluding carboxylic acids is 2. The summed E-state index contributed by atoms with van der Waals surface area (Å²) in [5.41, 5.74) is 5.10. The highest BCUT2D eigenvalue weighted by molar-refractivity contribution is 7.80. The predicted octanol–water partition coefficient (Wildman–Crippen LogP) is 1.68. The summed E-state index contributed by atoms with van der Waals surface area (Å²) in [7, 11) is 0. The normalized spacial score (nSPS) is 17.9. The average molecular weight is 300 g/mol. The smallest absolute Gasteiger partial charge is 0.307 e. The van der Waals surface area contributed by atoms with Gasteiger partial charge in [-0.1, -0.05) is 37.9 Å². The summed E-state index contributed by atoms with van der Waals surface area (Å²) in [5, 5.41) is 2.78. The SMILES string of the molecule is CCOC(=O)CCNC(=O)C1(C(N)=S)CCCCCC1. The van der Waals surface area contributed by atoms with Gasteiger partial charge in [0.2, 0.25) is 5.91 Å². The summed E-state index contributed by atoms with van der Waals surface area (Å²) in [4.78, 5) is 23.9. The number of carbonyl (C=O) groups is 2. The first kappa shape index (κ1) is 16.9. The first-order chi connectivity index (χ1) is 9.53. The highest BCUT2D eigenvalue weighted by Gasteiger charge is 2.41. The van der Waals surface area contributed by atoms with Crippen molar-refractivity contribution in [2.24, 2.45) is 11.1 Å². The van der Waals surface area contributed by atoms with Crippen molar-refractivity contribution in [2.45, 2.75) is 51.9 Å². The molecule has 0 radical (unpaired) electrons. The Kier molecular flexibility index (Phi) is 6.91. The molecule has 0 bridgehead atoms. The molecule has 5 nitrogen and oxygen atoms in total. The van der Waals surface area contributed by atoms with Crippen LogP contribution < -0.4 is 11.1 Å². The first-order valence-corrected chi connectivity index (χ1v) is 7.67. The molecule has 0 unspecified atom stereocenters. The second-order valence-corrected chi connectivity index (χ2v) is 5.61. The van der Waals surface area contributed by atoms with E-state index in [2.05, 4.69) is 5.32 Å². The van der Waals surface area contributed by atoms with Crippen LogP contribution in [0.3, 0.4) is 0 Å². The summed E-state index contributed by atoms with van der Waals surface area (Å²) < 4.78 is 4.82. The Morgan fingerprint density at radius 3 is 2.35 bits per heavy atom. The van der Waals surface area contributed by atoms with Crippen molar-refractivity contribution >= 4 is 29.1 Å². The second-order valence-electron chi connectivity index (χ2n) is 5.17. The second kappa shape index (κ2) is 8.19. The van der Waals surface area contributed by atoms with E-state index < -0.39 is 5.41 Å². The molecule has 0 spiro atoms. The highest BCUT2D eigenvalue weighted by atomic mass is 32.1. The van der Waals surface area contributed by atoms with Gasteiger partial charge >= 0.3 is 5.97 Å². The van der Waals surface area contributed by atoms with E-state index >= 15 is 0 Å². The summed E-state index contributed by atoms with van der Waals surface area (Å²) in [6, 6.07) is 0. The highest BCUT2D eigenvalue weighted by Crippen LogP contribution is 2.35. The standard InChI is InChI=1S/C14H24N2O3S/c1-2-19-11(17)7-10-16-13(18)14(12(15)20)8-5-3-4-6-9-14/h2-10H2,1H3,(H2,15,20)(H,16,18). The van der Waals surface area contributed by atoms with Gasteiger partial charge in [0.1, 0.15) is 0 Å². The fourth-order valence-electron chi connectivity index (χ4n) is 2.60. The van der Waals surface area contributed by atoms with Crippen LogP contribution in [0.1, 0.15) is 51.9 Å². The number of esters is 1. The zero-order valence-electron chi connectivity index (χ0n) is 12.1. The van der Waals surface area contributed by atoms with Crippen LogP contribution in [0.25, 0.3) is 0 Å². The number of ether oxygens (including phenoxy) is 1. The molecule has 0 aromatic rings. The molecule has 0 atom stereocenters. The van der Waals surface area contributed by atoms with E-state index in [9.17, 15) is 9.59 Å². The predicted molar refractivity (Wildman–Crippen MR) is 81.2 cm³/mol.